The molecule has 3 rings (SSSR count). The van der Waals surface area contributed by atoms with Crippen molar-refractivity contribution >= 4 is 27.5 Å². The number of hydrogen-bond donors (Lipinski definition) is 0. The van der Waals surface area contributed by atoms with E-state index >= 15 is 0 Å². The molecule has 1 atom stereocenters. The fourth-order valence-corrected chi connectivity index (χ4v) is 2.83. The fourth-order valence-electron chi connectivity index (χ4n) is 1.90. The first kappa shape index (κ1) is 13.3. The van der Waals surface area contributed by atoms with Gasteiger partial charge >= 0.3 is 5.97 Å². The van der Waals surface area contributed by atoms with Gasteiger partial charge in [-0.3, -0.25) is 4.79 Å². The molecule has 5 nitrogen and oxygen atoms in total. The average molecular weight is 298 g/mol. The van der Waals surface area contributed by atoms with Gasteiger partial charge in [-0.25, -0.2) is 4.98 Å². The Hall–Kier alpha value is -2.65. The number of para-hydroxylation sites is 1. The van der Waals surface area contributed by atoms with Crippen molar-refractivity contribution in [3.05, 3.63) is 42.2 Å². The number of ether oxygens (including phenoxy) is 1. The van der Waals surface area contributed by atoms with E-state index in [1.54, 1.807) is 12.1 Å². The van der Waals surface area contributed by atoms with Crippen LogP contribution in [0.5, 0.6) is 0 Å². The molecule has 104 valence electrons. The Morgan fingerprint density at radius 3 is 2.90 bits per heavy atom. The number of benzene rings is 1. The zero-order valence-corrected chi connectivity index (χ0v) is 11.9. The summed E-state index contributed by atoms with van der Waals surface area (Å²) in [5.74, 6) is 0.319. The number of nitriles is 1. The molecule has 6 heteroatoms. The minimum Gasteiger partial charge on any atom is -0.453 e. The minimum atomic E-state index is -1.04. The summed E-state index contributed by atoms with van der Waals surface area (Å²) in [6, 6.07) is 13.0. The Labute approximate surface area is 124 Å². The van der Waals surface area contributed by atoms with Gasteiger partial charge in [0.25, 0.3) is 0 Å². The molecule has 3 aromatic rings. The molecule has 0 amide bonds. The van der Waals surface area contributed by atoms with Gasteiger partial charge in [-0.05, 0) is 24.3 Å². The van der Waals surface area contributed by atoms with E-state index in [9.17, 15) is 4.79 Å². The highest BCUT2D eigenvalue weighted by molar-refractivity contribution is 7.21. The van der Waals surface area contributed by atoms with Gasteiger partial charge in [0.05, 0.1) is 10.2 Å². The molecule has 0 radical (unpaired) electrons. The number of esters is 1. The summed E-state index contributed by atoms with van der Waals surface area (Å²) in [6.07, 6.45) is -1.04. The van der Waals surface area contributed by atoms with Crippen LogP contribution in [0, 0.1) is 11.3 Å². The van der Waals surface area contributed by atoms with Crippen LogP contribution in [0.2, 0.25) is 0 Å². The van der Waals surface area contributed by atoms with Crippen LogP contribution >= 0.6 is 11.3 Å². The van der Waals surface area contributed by atoms with Crippen LogP contribution in [0.15, 0.2) is 40.8 Å². The Kier molecular flexibility index (Phi) is 3.42. The Balaban J connectivity index is 1.94. The number of hydrogen-bond acceptors (Lipinski definition) is 6. The third kappa shape index (κ3) is 2.64. The van der Waals surface area contributed by atoms with Crippen LogP contribution < -0.4 is 0 Å². The molecule has 21 heavy (non-hydrogen) atoms. The molecule has 1 aromatic carbocycles. The number of nitrogens with zero attached hydrogens (tertiary/aromatic N) is 2. The van der Waals surface area contributed by atoms with E-state index in [1.165, 1.54) is 18.3 Å². The summed E-state index contributed by atoms with van der Waals surface area (Å²) in [5, 5.41) is 9.75. The van der Waals surface area contributed by atoms with Crippen LogP contribution in [-0.4, -0.2) is 11.0 Å². The monoisotopic (exact) mass is 298 g/mol. The molecule has 2 aromatic heterocycles. The predicted octanol–water partition coefficient (Wildman–Crippen LogP) is 3.68. The first-order valence-electron chi connectivity index (χ1n) is 6.20. The highest BCUT2D eigenvalue weighted by Gasteiger charge is 2.19. The molecular weight excluding hydrogens is 288 g/mol. The second-order valence-corrected chi connectivity index (χ2v) is 5.34. The Morgan fingerprint density at radius 2 is 2.19 bits per heavy atom. The second kappa shape index (κ2) is 5.38. The van der Waals surface area contributed by atoms with Gasteiger partial charge in [-0.2, -0.15) is 5.26 Å². The number of furan rings is 1. The van der Waals surface area contributed by atoms with Crippen LogP contribution in [0.3, 0.4) is 0 Å². The van der Waals surface area contributed by atoms with E-state index in [4.69, 9.17) is 14.4 Å². The third-order valence-corrected chi connectivity index (χ3v) is 3.84. The summed E-state index contributed by atoms with van der Waals surface area (Å²) < 4.78 is 11.5. The quantitative estimate of drug-likeness (QED) is 0.689. The molecule has 0 saturated carbocycles. The van der Waals surface area contributed by atoms with Crippen molar-refractivity contribution in [1.82, 2.24) is 4.98 Å². The van der Waals surface area contributed by atoms with E-state index in [0.717, 1.165) is 15.2 Å². The highest BCUT2D eigenvalue weighted by atomic mass is 32.1. The number of aromatic nitrogens is 1. The van der Waals surface area contributed by atoms with E-state index < -0.39 is 12.1 Å². The van der Waals surface area contributed by atoms with Crippen LogP contribution in [0.1, 0.15) is 18.8 Å². The van der Waals surface area contributed by atoms with E-state index in [0.29, 0.717) is 11.5 Å². The lowest BCUT2D eigenvalue weighted by molar-refractivity contribution is -0.144. The maximum Gasteiger partial charge on any atom is 0.304 e. The van der Waals surface area contributed by atoms with Gasteiger partial charge in [0, 0.05) is 6.92 Å². The lowest BCUT2D eigenvalue weighted by atomic mass is 10.3. The van der Waals surface area contributed by atoms with Crippen molar-refractivity contribution in [2.75, 3.05) is 0 Å². The molecule has 0 saturated heterocycles. The first-order valence-corrected chi connectivity index (χ1v) is 7.01. The lowest BCUT2D eigenvalue weighted by Crippen LogP contribution is -2.05. The number of carbonyl (C=O) groups excluding carboxylic acids is 1. The zero-order valence-electron chi connectivity index (χ0n) is 11.1. The van der Waals surface area contributed by atoms with E-state index in [-0.39, 0.29) is 0 Å². The summed E-state index contributed by atoms with van der Waals surface area (Å²) >= 11 is 1.50. The smallest absolute Gasteiger partial charge is 0.304 e. The van der Waals surface area contributed by atoms with E-state index in [1.807, 2.05) is 30.3 Å². The molecule has 0 unspecified atom stereocenters. The van der Waals surface area contributed by atoms with E-state index in [2.05, 4.69) is 4.98 Å². The summed E-state index contributed by atoms with van der Waals surface area (Å²) in [4.78, 5) is 15.4. The van der Waals surface area contributed by atoms with Gasteiger partial charge in [-0.1, -0.05) is 12.1 Å². The maximum atomic E-state index is 11.0. The topological polar surface area (TPSA) is 76.1 Å². The van der Waals surface area contributed by atoms with Crippen molar-refractivity contribution in [2.24, 2.45) is 0 Å². The fraction of sp³-hybridized carbons (Fsp3) is 0.133. The molecular formula is C15H10N2O3S. The molecule has 0 spiro atoms. The standard InChI is InChI=1S/C15H10N2O3S/c1-9(18)19-13(8-16)11-6-7-12(20-11)15-17-10-4-2-3-5-14(10)21-15/h2-7,13H,1H3/t13-/m1/s1. The molecule has 0 aliphatic rings. The van der Waals surface area contributed by atoms with Crippen LogP contribution in [0.4, 0.5) is 0 Å². The minimum absolute atomic E-state index is 0.293. The summed E-state index contributed by atoms with van der Waals surface area (Å²) in [5.41, 5.74) is 0.896. The molecule has 0 fully saturated rings. The molecule has 2 heterocycles. The summed E-state index contributed by atoms with van der Waals surface area (Å²) in [6.45, 7) is 1.25. The van der Waals surface area contributed by atoms with Gasteiger partial charge in [-0.15, -0.1) is 11.3 Å². The number of carbonyl (C=O) groups is 1. The first-order chi connectivity index (χ1) is 10.2. The molecule has 0 N–H and O–H groups in total. The van der Waals surface area contributed by atoms with Crippen molar-refractivity contribution < 1.29 is 13.9 Å². The maximum absolute atomic E-state index is 11.0. The van der Waals surface area contributed by atoms with Crippen molar-refractivity contribution in [1.29, 1.82) is 5.26 Å². The number of thiazole rings is 1. The lowest BCUT2D eigenvalue weighted by Gasteiger charge is -2.05. The number of fused-ring (bicyclic) bond motifs is 1. The van der Waals surface area contributed by atoms with Crippen LogP contribution in [0.25, 0.3) is 21.0 Å². The van der Waals surface area contributed by atoms with Crippen molar-refractivity contribution in [3.8, 4) is 16.8 Å². The Morgan fingerprint density at radius 1 is 1.38 bits per heavy atom. The van der Waals surface area contributed by atoms with Crippen molar-refractivity contribution in [2.45, 2.75) is 13.0 Å². The van der Waals surface area contributed by atoms with Gasteiger partial charge in [0.2, 0.25) is 6.10 Å². The largest absolute Gasteiger partial charge is 0.453 e. The molecule has 0 aliphatic carbocycles. The summed E-state index contributed by atoms with van der Waals surface area (Å²) in [7, 11) is 0. The van der Waals surface area contributed by atoms with Crippen molar-refractivity contribution in [3.63, 3.8) is 0 Å². The SMILES string of the molecule is CC(=O)O[C@H](C#N)c1ccc(-c2nc3ccccc3s2)o1. The highest BCUT2D eigenvalue weighted by Crippen LogP contribution is 2.32. The number of rotatable bonds is 3. The average Bonchev–Trinajstić information content (AvgIpc) is 3.10. The zero-order chi connectivity index (χ0) is 14.8. The Bertz CT molecular complexity index is 811. The predicted molar refractivity (Wildman–Crippen MR) is 77.4 cm³/mol. The third-order valence-electron chi connectivity index (χ3n) is 2.79. The molecule has 0 aliphatic heterocycles. The second-order valence-electron chi connectivity index (χ2n) is 4.31. The van der Waals surface area contributed by atoms with Gasteiger partial charge in [0.15, 0.2) is 16.5 Å². The molecule has 0 bridgehead atoms. The normalized spacial score (nSPS) is 12.0. The van der Waals surface area contributed by atoms with Crippen LogP contribution in [-0.2, 0) is 9.53 Å². The van der Waals surface area contributed by atoms with Gasteiger partial charge in [0.1, 0.15) is 6.07 Å². The van der Waals surface area contributed by atoms with Gasteiger partial charge < -0.3 is 9.15 Å².